The van der Waals surface area contributed by atoms with Crippen molar-refractivity contribution in [3.63, 3.8) is 0 Å². The van der Waals surface area contributed by atoms with Crippen molar-refractivity contribution in [2.45, 2.75) is 0 Å². The number of rotatable bonds is 0. The molecule has 6 heteroatoms. The van der Waals surface area contributed by atoms with Crippen molar-refractivity contribution in [2.75, 3.05) is 0 Å². The molecule has 36 valence electrons. The van der Waals surface area contributed by atoms with Gasteiger partial charge in [-0.2, -0.15) is 0 Å². The molecule has 1 aliphatic heterocycles. The van der Waals surface area contributed by atoms with Crippen LogP contribution in [0.25, 0.3) is 0 Å². The van der Waals surface area contributed by atoms with Gasteiger partial charge in [-0.05, 0) is 0 Å². The third-order valence-corrected chi connectivity index (χ3v) is 42.6. The molecule has 0 bridgehead atoms. The maximum absolute atomic E-state index is 2.19. The van der Waals surface area contributed by atoms with Crippen LogP contribution in [0.5, 0.6) is 0 Å². The molecule has 1 aliphatic rings. The molecule has 0 atom stereocenters. The van der Waals surface area contributed by atoms with E-state index in [0.29, 0.717) is 0 Å². The van der Waals surface area contributed by atoms with Crippen LogP contribution < -0.4 is 0 Å². The minimum absolute atomic E-state index is 0.894. The molecule has 0 spiro atoms. The zero-order chi connectivity index (χ0) is 4.24. The van der Waals surface area contributed by atoms with Gasteiger partial charge in [0, 0.05) is 0 Å². The zero-order valence-electron chi connectivity index (χ0n) is 2.45. The second kappa shape index (κ2) is 4.48. The van der Waals surface area contributed by atoms with Gasteiger partial charge in [-0.15, -0.1) is 0 Å². The molecule has 6 heavy (non-hydrogen) atoms. The van der Waals surface area contributed by atoms with E-state index in [1.807, 2.05) is 0 Å². The molecule has 0 aromatic rings. The van der Waals surface area contributed by atoms with Gasteiger partial charge in [0.05, 0.1) is 0 Å². The summed E-state index contributed by atoms with van der Waals surface area (Å²) in [4.78, 5) is 0. The molecular formula is S3Se3. The Balaban J connectivity index is 2.00. The van der Waals surface area contributed by atoms with Gasteiger partial charge < -0.3 is 0 Å². The van der Waals surface area contributed by atoms with Crippen LogP contribution in [0.2, 0.25) is 0 Å². The average molecular weight is 333 g/mol. The molecule has 0 unspecified atom stereocenters. The molecule has 0 radical (unpaired) electrons. The summed E-state index contributed by atoms with van der Waals surface area (Å²) in [5, 5.41) is 0. The summed E-state index contributed by atoms with van der Waals surface area (Å²) in [5.74, 6) is 0. The summed E-state index contributed by atoms with van der Waals surface area (Å²) in [5.41, 5.74) is 0. The molecular weight excluding hydrogens is 333 g/mol. The fourth-order valence-electron chi connectivity index (χ4n) is 0.0680. The van der Waals surface area contributed by atoms with Crippen LogP contribution in [0.4, 0.5) is 0 Å². The van der Waals surface area contributed by atoms with Gasteiger partial charge in [0.25, 0.3) is 0 Å². The first kappa shape index (κ1) is 6.72. The molecule has 0 aliphatic carbocycles. The summed E-state index contributed by atoms with van der Waals surface area (Å²) >= 11 is 2.87. The Bertz CT molecular complexity index is 21.5. The molecule has 0 N–H and O–H groups in total. The molecule has 1 rings (SSSR count). The Kier molecular flexibility index (Phi) is 5.03. The fourth-order valence-corrected chi connectivity index (χ4v) is 67.8. The molecule has 0 amide bonds. The van der Waals surface area contributed by atoms with Crippen LogP contribution >= 0.6 is 27.0 Å². The summed E-state index contributed by atoms with van der Waals surface area (Å²) in [6, 6.07) is 0. The molecule has 0 saturated carbocycles. The van der Waals surface area contributed by atoms with Gasteiger partial charge in [0.15, 0.2) is 0 Å². The quantitative estimate of drug-likeness (QED) is 0.476. The van der Waals surface area contributed by atoms with Gasteiger partial charge in [-0.3, -0.25) is 0 Å². The predicted octanol–water partition coefficient (Wildman–Crippen LogP) is 0.802. The van der Waals surface area contributed by atoms with E-state index in [2.05, 4.69) is 27.0 Å². The molecule has 1 heterocycles. The van der Waals surface area contributed by atoms with Crippen molar-refractivity contribution in [3.05, 3.63) is 0 Å². The summed E-state index contributed by atoms with van der Waals surface area (Å²) in [6.07, 6.45) is 0. The first-order valence-corrected chi connectivity index (χ1v) is 16.4. The monoisotopic (exact) mass is 336 g/mol. The normalized spacial score (nSPS) is 24.0. The third kappa shape index (κ3) is 2.81. The Morgan fingerprint density at radius 2 is 2.00 bits per heavy atom. The van der Waals surface area contributed by atoms with Gasteiger partial charge in [0.1, 0.15) is 0 Å². The van der Waals surface area contributed by atoms with Gasteiger partial charge in [-0.1, -0.05) is 0 Å². The fraction of sp³-hybridized carbons (Fsp3) is 0. The van der Waals surface area contributed by atoms with Crippen LogP contribution in [-0.4, -0.2) is 36.7 Å². The van der Waals surface area contributed by atoms with Crippen LogP contribution in [0, 0.1) is 0 Å². The van der Waals surface area contributed by atoms with Crippen molar-refractivity contribution in [2.24, 2.45) is 0 Å². The standard InChI is InChI=1S/S3Se3/c1-2-5-6-3-4-1. The van der Waals surface area contributed by atoms with Crippen LogP contribution in [0.1, 0.15) is 0 Å². The van der Waals surface area contributed by atoms with E-state index >= 15 is 0 Å². The molecule has 0 nitrogen and oxygen atoms in total. The Morgan fingerprint density at radius 1 is 1.00 bits per heavy atom. The van der Waals surface area contributed by atoms with Gasteiger partial charge in [-0.25, -0.2) is 0 Å². The Morgan fingerprint density at radius 3 is 2.17 bits per heavy atom. The molecule has 0 aromatic carbocycles. The van der Waals surface area contributed by atoms with E-state index in [1.54, 1.807) is 0 Å². The van der Waals surface area contributed by atoms with E-state index in [0.717, 1.165) is 36.7 Å². The van der Waals surface area contributed by atoms with Crippen molar-refractivity contribution in [1.82, 2.24) is 0 Å². The Hall–Kier alpha value is 2.61. The third-order valence-electron chi connectivity index (χ3n) is 0.167. The van der Waals surface area contributed by atoms with Crippen LogP contribution in [0.3, 0.4) is 0 Å². The van der Waals surface area contributed by atoms with Gasteiger partial charge in [0.2, 0.25) is 0 Å². The van der Waals surface area contributed by atoms with Crippen molar-refractivity contribution in [1.29, 1.82) is 0 Å². The SMILES string of the molecule is S1S[Se][Se]S[Se]1. The van der Waals surface area contributed by atoms with E-state index in [-0.39, 0.29) is 0 Å². The zero-order valence-corrected chi connectivity index (χ0v) is 10.0. The van der Waals surface area contributed by atoms with E-state index in [1.165, 1.54) is 0 Å². The molecule has 0 aromatic heterocycles. The van der Waals surface area contributed by atoms with Crippen molar-refractivity contribution >= 4 is 63.8 Å². The number of hydrogen-bond acceptors (Lipinski definition) is 3. The second-order valence-electron chi connectivity index (χ2n) is 0.408. The summed E-state index contributed by atoms with van der Waals surface area (Å²) in [6.45, 7) is 0. The predicted molar refractivity (Wildman–Crippen MR) is 40.0 cm³/mol. The van der Waals surface area contributed by atoms with Crippen LogP contribution in [0.15, 0.2) is 0 Å². The average Bonchev–Trinajstić information content (AvgIpc) is 1.72. The topological polar surface area (TPSA) is 0 Å². The van der Waals surface area contributed by atoms with E-state index in [9.17, 15) is 0 Å². The van der Waals surface area contributed by atoms with E-state index in [4.69, 9.17) is 0 Å². The Labute approximate surface area is 62.8 Å². The minimum atomic E-state index is 0.894. The first-order chi connectivity index (χ1) is 3.00. The molecule has 1 saturated heterocycles. The van der Waals surface area contributed by atoms with Gasteiger partial charge >= 0.3 is 63.8 Å². The first-order valence-electron chi connectivity index (χ1n) is 1.00. The summed E-state index contributed by atoms with van der Waals surface area (Å²) < 4.78 is 0. The second-order valence-corrected chi connectivity index (χ2v) is 26.1. The molecule has 1 fully saturated rings. The van der Waals surface area contributed by atoms with Crippen LogP contribution in [-0.2, 0) is 0 Å². The van der Waals surface area contributed by atoms with E-state index < -0.39 is 0 Å². The number of hydrogen-bond donors (Lipinski definition) is 0. The maximum atomic E-state index is 2.19. The van der Waals surface area contributed by atoms with Crippen molar-refractivity contribution in [3.8, 4) is 0 Å². The van der Waals surface area contributed by atoms with Crippen molar-refractivity contribution < 1.29 is 0 Å². The summed E-state index contributed by atoms with van der Waals surface area (Å²) in [7, 11) is 6.38.